The Balaban J connectivity index is 1.28. The lowest BCUT2D eigenvalue weighted by atomic mass is 9.93. The molecule has 0 fully saturated rings. The number of benzene rings is 9. The molecule has 0 radical (unpaired) electrons. The van der Waals surface area contributed by atoms with Gasteiger partial charge < -0.3 is 4.90 Å². The minimum atomic E-state index is 0.953. The number of rotatable bonds is 4. The van der Waals surface area contributed by atoms with Crippen molar-refractivity contribution in [3.63, 3.8) is 0 Å². The molecule has 1 nitrogen and oxygen atoms in total. The molecule has 0 saturated heterocycles. The van der Waals surface area contributed by atoms with Crippen LogP contribution in [0.4, 0.5) is 17.1 Å². The Bertz CT molecular complexity index is 2700. The van der Waals surface area contributed by atoms with Gasteiger partial charge in [0.15, 0.2) is 0 Å². The maximum Gasteiger partial charge on any atom is 0.0552 e. The molecule has 0 N–H and O–H groups in total. The van der Waals surface area contributed by atoms with Gasteiger partial charge in [0.05, 0.1) is 11.4 Å². The van der Waals surface area contributed by atoms with E-state index in [1.807, 2.05) is 0 Å². The highest BCUT2D eigenvalue weighted by molar-refractivity contribution is 6.24. The lowest BCUT2D eigenvalue weighted by Gasteiger charge is -2.30. The van der Waals surface area contributed by atoms with Crippen molar-refractivity contribution in [1.82, 2.24) is 0 Å². The fourth-order valence-electron chi connectivity index (χ4n) is 8.07. The van der Waals surface area contributed by atoms with Crippen LogP contribution in [-0.4, -0.2) is 0 Å². The number of nitrogens with zero attached hydrogens (tertiary/aromatic N) is 1. The number of hydrogen-bond donors (Lipinski definition) is 0. The van der Waals surface area contributed by atoms with E-state index in [9.17, 15) is 0 Å². The minimum absolute atomic E-state index is 0.953. The van der Waals surface area contributed by atoms with E-state index in [4.69, 9.17) is 0 Å². The first-order chi connectivity index (χ1) is 23.8. The van der Waals surface area contributed by atoms with Crippen molar-refractivity contribution in [2.24, 2.45) is 0 Å². The third-order valence-electron chi connectivity index (χ3n) is 10.2. The van der Waals surface area contributed by atoms with Crippen LogP contribution in [0.15, 0.2) is 176 Å². The van der Waals surface area contributed by atoms with Crippen LogP contribution in [0.25, 0.3) is 65.3 Å². The lowest BCUT2D eigenvalue weighted by molar-refractivity contribution is 1.25. The van der Waals surface area contributed by atoms with Gasteiger partial charge in [-0.05, 0) is 96.2 Å². The first-order valence-electron chi connectivity index (χ1n) is 16.7. The van der Waals surface area contributed by atoms with Crippen LogP contribution >= 0.6 is 0 Å². The van der Waals surface area contributed by atoms with E-state index in [1.54, 1.807) is 0 Å². The van der Waals surface area contributed by atoms with E-state index in [2.05, 4.69) is 181 Å². The van der Waals surface area contributed by atoms with E-state index >= 15 is 0 Å². The summed E-state index contributed by atoms with van der Waals surface area (Å²) >= 11 is 0. The molecule has 9 aromatic carbocycles. The average molecular weight is 610 g/mol. The van der Waals surface area contributed by atoms with Crippen LogP contribution < -0.4 is 4.90 Å². The van der Waals surface area contributed by atoms with Gasteiger partial charge in [0.25, 0.3) is 0 Å². The Morgan fingerprint density at radius 3 is 1.85 bits per heavy atom. The van der Waals surface area contributed by atoms with Gasteiger partial charge in [0.2, 0.25) is 0 Å². The standard InChI is InChI=1S/C47H31N/c1-5-17-38-31(11-1)15-9-21-39(38)33-23-26-37(27-24-33)48(44-22-10-16-36-29-34-13-4-8-20-42(34)46(36)44)45-30-35-14-3-6-18-40(35)43-28-25-32-12-2-7-19-41(32)47(43)45/h1-28,30H,29H2. The largest absolute Gasteiger partial charge is 0.309 e. The van der Waals surface area contributed by atoms with Crippen molar-refractivity contribution in [2.75, 3.05) is 4.90 Å². The molecule has 0 aliphatic heterocycles. The molecule has 10 rings (SSSR count). The average Bonchev–Trinajstić information content (AvgIpc) is 3.54. The highest BCUT2D eigenvalue weighted by Gasteiger charge is 2.27. The molecule has 0 bridgehead atoms. The second kappa shape index (κ2) is 10.7. The predicted octanol–water partition coefficient (Wildman–Crippen LogP) is 13.0. The fourth-order valence-corrected chi connectivity index (χ4v) is 8.07. The van der Waals surface area contributed by atoms with Gasteiger partial charge in [-0.15, -0.1) is 0 Å². The molecule has 1 heteroatoms. The fraction of sp³-hybridized carbons (Fsp3) is 0.0213. The summed E-state index contributed by atoms with van der Waals surface area (Å²) in [5.74, 6) is 0. The second-order valence-electron chi connectivity index (χ2n) is 12.9. The molecule has 1 aliphatic rings. The molecule has 48 heavy (non-hydrogen) atoms. The summed E-state index contributed by atoms with van der Waals surface area (Å²) in [5.41, 5.74) is 11.4. The Morgan fingerprint density at radius 2 is 1.00 bits per heavy atom. The van der Waals surface area contributed by atoms with Gasteiger partial charge in [-0.2, -0.15) is 0 Å². The summed E-state index contributed by atoms with van der Waals surface area (Å²) in [6.45, 7) is 0. The molecular formula is C47H31N. The van der Waals surface area contributed by atoms with Crippen LogP contribution in [0, 0.1) is 0 Å². The monoisotopic (exact) mass is 609 g/mol. The molecule has 0 saturated carbocycles. The molecule has 0 heterocycles. The van der Waals surface area contributed by atoms with E-state index in [0.717, 1.165) is 12.1 Å². The maximum atomic E-state index is 2.52. The van der Waals surface area contributed by atoms with Crippen LogP contribution in [0.1, 0.15) is 11.1 Å². The zero-order valence-electron chi connectivity index (χ0n) is 26.4. The van der Waals surface area contributed by atoms with Crippen LogP contribution in [-0.2, 0) is 6.42 Å². The first-order valence-corrected chi connectivity index (χ1v) is 16.7. The maximum absolute atomic E-state index is 2.52. The molecular weight excluding hydrogens is 579 g/mol. The van der Waals surface area contributed by atoms with E-state index in [1.165, 1.54) is 87.8 Å². The second-order valence-corrected chi connectivity index (χ2v) is 12.9. The molecule has 224 valence electrons. The highest BCUT2D eigenvalue weighted by Crippen LogP contribution is 2.50. The van der Waals surface area contributed by atoms with Crippen molar-refractivity contribution >= 4 is 60.2 Å². The summed E-state index contributed by atoms with van der Waals surface area (Å²) in [5, 5.41) is 10.1. The third-order valence-corrected chi connectivity index (χ3v) is 10.2. The van der Waals surface area contributed by atoms with Crippen LogP contribution in [0.2, 0.25) is 0 Å². The quantitative estimate of drug-likeness (QED) is 0.179. The van der Waals surface area contributed by atoms with Gasteiger partial charge in [-0.25, -0.2) is 0 Å². The molecule has 9 aromatic rings. The van der Waals surface area contributed by atoms with Crippen molar-refractivity contribution in [3.05, 3.63) is 187 Å². The van der Waals surface area contributed by atoms with E-state index < -0.39 is 0 Å². The summed E-state index contributed by atoms with van der Waals surface area (Å²) in [6, 6.07) is 64.8. The normalized spacial score (nSPS) is 12.1. The van der Waals surface area contributed by atoms with Crippen molar-refractivity contribution in [1.29, 1.82) is 0 Å². The third kappa shape index (κ3) is 4.11. The Labute approximate surface area is 280 Å². The summed E-state index contributed by atoms with van der Waals surface area (Å²) in [4.78, 5) is 2.52. The van der Waals surface area contributed by atoms with Crippen molar-refractivity contribution < 1.29 is 0 Å². The van der Waals surface area contributed by atoms with Gasteiger partial charge in [-0.1, -0.05) is 152 Å². The van der Waals surface area contributed by atoms with E-state index in [-0.39, 0.29) is 0 Å². The minimum Gasteiger partial charge on any atom is -0.309 e. The molecule has 0 aromatic heterocycles. The van der Waals surface area contributed by atoms with Gasteiger partial charge in [0.1, 0.15) is 0 Å². The van der Waals surface area contributed by atoms with Crippen molar-refractivity contribution in [2.45, 2.75) is 6.42 Å². The summed E-state index contributed by atoms with van der Waals surface area (Å²) < 4.78 is 0. The van der Waals surface area contributed by atoms with Gasteiger partial charge in [0, 0.05) is 16.6 Å². The Hall–Kier alpha value is -6.18. The zero-order valence-corrected chi connectivity index (χ0v) is 26.4. The zero-order chi connectivity index (χ0) is 31.6. The Kier molecular flexibility index (Phi) is 6.01. The molecule has 0 spiro atoms. The summed E-state index contributed by atoms with van der Waals surface area (Å²) in [6.07, 6.45) is 0.953. The van der Waals surface area contributed by atoms with Gasteiger partial charge in [-0.3, -0.25) is 0 Å². The lowest BCUT2D eigenvalue weighted by Crippen LogP contribution is -2.12. The molecule has 1 aliphatic carbocycles. The smallest absolute Gasteiger partial charge is 0.0552 e. The number of anilines is 3. The van der Waals surface area contributed by atoms with Crippen LogP contribution in [0.3, 0.4) is 0 Å². The van der Waals surface area contributed by atoms with E-state index in [0.29, 0.717) is 0 Å². The molecule has 0 atom stereocenters. The topological polar surface area (TPSA) is 3.24 Å². The van der Waals surface area contributed by atoms with Gasteiger partial charge >= 0.3 is 0 Å². The number of hydrogen-bond acceptors (Lipinski definition) is 1. The van der Waals surface area contributed by atoms with Crippen LogP contribution in [0.5, 0.6) is 0 Å². The molecule has 0 amide bonds. The highest BCUT2D eigenvalue weighted by atomic mass is 15.1. The predicted molar refractivity (Wildman–Crippen MR) is 205 cm³/mol. The van der Waals surface area contributed by atoms with Crippen molar-refractivity contribution in [3.8, 4) is 22.3 Å². The SMILES string of the molecule is c1ccc2c(c1)Cc1cccc(N(c3ccc(-c4cccc5ccccc45)cc3)c3cc4ccccc4c4ccc5ccccc5c34)c1-2. The molecule has 0 unspecified atom stereocenters. The Morgan fingerprint density at radius 1 is 0.375 bits per heavy atom. The number of fused-ring (bicyclic) bond motifs is 9. The summed E-state index contributed by atoms with van der Waals surface area (Å²) in [7, 11) is 0. The first kappa shape index (κ1) is 27.0.